The highest BCUT2D eigenvalue weighted by Gasteiger charge is 2.25. The molecule has 0 radical (unpaired) electrons. The molecule has 1 aromatic carbocycles. The van der Waals surface area contributed by atoms with Crippen molar-refractivity contribution in [1.82, 2.24) is 14.9 Å². The highest BCUT2D eigenvalue weighted by molar-refractivity contribution is 5.43. The summed E-state index contributed by atoms with van der Waals surface area (Å²) in [7, 11) is 1.66. The van der Waals surface area contributed by atoms with Crippen molar-refractivity contribution in [2.75, 3.05) is 26.8 Å². The Kier molecular flexibility index (Phi) is 5.38. The Morgan fingerprint density at radius 1 is 1.32 bits per heavy atom. The largest absolute Gasteiger partial charge is 0.493 e. The van der Waals surface area contributed by atoms with Crippen LogP contribution >= 0.6 is 0 Å². The molecule has 0 saturated carbocycles. The minimum absolute atomic E-state index is 0.0720. The van der Waals surface area contributed by atoms with Gasteiger partial charge in [-0.2, -0.15) is 0 Å². The van der Waals surface area contributed by atoms with Crippen molar-refractivity contribution in [3.05, 3.63) is 51.7 Å². The Labute approximate surface area is 147 Å². The van der Waals surface area contributed by atoms with E-state index in [-0.39, 0.29) is 5.56 Å². The maximum Gasteiger partial charge on any atom is 0.251 e. The number of methoxy groups -OCH3 is 1. The van der Waals surface area contributed by atoms with Gasteiger partial charge in [0.25, 0.3) is 5.56 Å². The van der Waals surface area contributed by atoms with Crippen molar-refractivity contribution in [1.29, 1.82) is 0 Å². The molecule has 0 aliphatic carbocycles. The molecule has 134 valence electrons. The number of nitrogens with one attached hydrogen (secondary N) is 1. The van der Waals surface area contributed by atoms with Crippen molar-refractivity contribution in [2.24, 2.45) is 0 Å². The number of aromatic nitrogens is 2. The number of benzene rings is 1. The van der Waals surface area contributed by atoms with Crippen LogP contribution in [0.4, 0.5) is 0 Å². The van der Waals surface area contributed by atoms with E-state index in [9.17, 15) is 4.79 Å². The lowest BCUT2D eigenvalue weighted by Crippen LogP contribution is -2.21. The van der Waals surface area contributed by atoms with Crippen LogP contribution in [0.3, 0.4) is 0 Å². The Hall–Kier alpha value is -2.34. The lowest BCUT2D eigenvalue weighted by molar-refractivity contribution is 0.307. The molecule has 2 heterocycles. The molecule has 0 bridgehead atoms. The third-order valence-electron chi connectivity index (χ3n) is 4.50. The number of likely N-dealkylation sites (tertiary alicyclic amines) is 1. The number of rotatable bonds is 6. The molecule has 3 rings (SSSR count). The van der Waals surface area contributed by atoms with Gasteiger partial charge in [-0.15, -0.1) is 0 Å². The summed E-state index contributed by atoms with van der Waals surface area (Å²) in [6.45, 7) is 7.15. The molecular formula is C19H25N3O3. The van der Waals surface area contributed by atoms with Gasteiger partial charge in [0.2, 0.25) is 0 Å². The smallest absolute Gasteiger partial charge is 0.251 e. The molecule has 1 aromatic heterocycles. The molecule has 6 nitrogen and oxygen atoms in total. The van der Waals surface area contributed by atoms with Gasteiger partial charge in [-0.3, -0.25) is 9.69 Å². The van der Waals surface area contributed by atoms with Gasteiger partial charge in [0.1, 0.15) is 5.82 Å². The van der Waals surface area contributed by atoms with Gasteiger partial charge in [-0.25, -0.2) is 4.98 Å². The normalized spacial score (nSPS) is 17.6. The Balaban J connectivity index is 1.68. The van der Waals surface area contributed by atoms with E-state index in [1.807, 2.05) is 26.0 Å². The van der Waals surface area contributed by atoms with E-state index in [2.05, 4.69) is 20.9 Å². The van der Waals surface area contributed by atoms with Gasteiger partial charge in [0.05, 0.1) is 19.4 Å². The lowest BCUT2D eigenvalue weighted by atomic mass is 10.0. The fraction of sp³-hybridized carbons (Fsp3) is 0.474. The maximum absolute atomic E-state index is 11.7. The van der Waals surface area contributed by atoms with Crippen LogP contribution in [0.2, 0.25) is 0 Å². The van der Waals surface area contributed by atoms with Crippen LogP contribution < -0.4 is 15.0 Å². The number of ether oxygens (including phenoxy) is 2. The summed E-state index contributed by atoms with van der Waals surface area (Å²) in [4.78, 5) is 21.3. The predicted molar refractivity (Wildman–Crippen MR) is 96.4 cm³/mol. The van der Waals surface area contributed by atoms with Gasteiger partial charge >= 0.3 is 0 Å². The van der Waals surface area contributed by atoms with Crippen LogP contribution in [0, 0.1) is 6.92 Å². The van der Waals surface area contributed by atoms with E-state index in [0.29, 0.717) is 18.3 Å². The number of nitrogens with zero attached hydrogens (tertiary/aromatic N) is 2. The molecule has 6 heteroatoms. The van der Waals surface area contributed by atoms with Crippen LogP contribution in [-0.2, 0) is 6.54 Å². The predicted octanol–water partition coefficient (Wildman–Crippen LogP) is 2.48. The van der Waals surface area contributed by atoms with E-state index in [0.717, 1.165) is 43.2 Å². The SMILES string of the molecule is CCOc1ccc(CN2CC[C@@H](c3cc(=O)[nH]c(C)n3)C2)cc1OC. The first-order valence-corrected chi connectivity index (χ1v) is 8.69. The second-order valence-electron chi connectivity index (χ2n) is 6.39. The Morgan fingerprint density at radius 2 is 2.16 bits per heavy atom. The van der Waals surface area contributed by atoms with Crippen LogP contribution in [0.15, 0.2) is 29.1 Å². The van der Waals surface area contributed by atoms with E-state index < -0.39 is 0 Å². The summed E-state index contributed by atoms with van der Waals surface area (Å²) in [5, 5.41) is 0. The summed E-state index contributed by atoms with van der Waals surface area (Å²) in [5.41, 5.74) is 2.02. The molecule has 1 N–H and O–H groups in total. The zero-order chi connectivity index (χ0) is 17.8. The number of hydrogen-bond acceptors (Lipinski definition) is 5. The third-order valence-corrected chi connectivity index (χ3v) is 4.50. The lowest BCUT2D eigenvalue weighted by Gasteiger charge is -2.17. The van der Waals surface area contributed by atoms with Crippen LogP contribution in [0.25, 0.3) is 0 Å². The zero-order valence-electron chi connectivity index (χ0n) is 15.0. The number of aromatic amines is 1. The third kappa shape index (κ3) is 4.20. The highest BCUT2D eigenvalue weighted by atomic mass is 16.5. The molecule has 25 heavy (non-hydrogen) atoms. The van der Waals surface area contributed by atoms with Crippen molar-refractivity contribution >= 4 is 0 Å². The first-order chi connectivity index (χ1) is 12.1. The summed E-state index contributed by atoms with van der Waals surface area (Å²) < 4.78 is 11.0. The quantitative estimate of drug-likeness (QED) is 0.873. The molecule has 1 saturated heterocycles. The molecule has 1 fully saturated rings. The standard InChI is InChI=1S/C19H25N3O3/c1-4-25-17-6-5-14(9-18(17)24-3)11-22-8-7-15(12-22)16-10-19(23)21-13(2)20-16/h5-6,9-10,15H,4,7-8,11-12H2,1-3H3,(H,20,21,23)/t15-/m1/s1. The average molecular weight is 343 g/mol. The van der Waals surface area contributed by atoms with Crippen molar-refractivity contribution in [3.63, 3.8) is 0 Å². The minimum Gasteiger partial charge on any atom is -0.493 e. The molecular weight excluding hydrogens is 318 g/mol. The van der Waals surface area contributed by atoms with E-state index >= 15 is 0 Å². The summed E-state index contributed by atoms with van der Waals surface area (Å²) in [6, 6.07) is 7.71. The van der Waals surface area contributed by atoms with E-state index in [1.165, 1.54) is 5.56 Å². The molecule has 2 aromatic rings. The molecule has 1 aliphatic heterocycles. The topological polar surface area (TPSA) is 67.5 Å². The van der Waals surface area contributed by atoms with Crippen molar-refractivity contribution in [3.8, 4) is 11.5 Å². The van der Waals surface area contributed by atoms with Gasteiger partial charge < -0.3 is 14.5 Å². The zero-order valence-corrected chi connectivity index (χ0v) is 15.0. The second-order valence-corrected chi connectivity index (χ2v) is 6.39. The van der Waals surface area contributed by atoms with Gasteiger partial charge in [0.15, 0.2) is 11.5 Å². The number of aryl methyl sites for hydroxylation is 1. The molecule has 1 atom stereocenters. The van der Waals surface area contributed by atoms with Gasteiger partial charge in [-0.1, -0.05) is 6.07 Å². The fourth-order valence-corrected chi connectivity index (χ4v) is 3.37. The number of H-pyrrole nitrogens is 1. The van der Waals surface area contributed by atoms with Crippen molar-refractivity contribution < 1.29 is 9.47 Å². The average Bonchev–Trinajstić information content (AvgIpc) is 3.04. The minimum atomic E-state index is -0.0720. The fourth-order valence-electron chi connectivity index (χ4n) is 3.37. The summed E-state index contributed by atoms with van der Waals surface area (Å²) in [5.74, 6) is 2.53. The summed E-state index contributed by atoms with van der Waals surface area (Å²) >= 11 is 0. The monoisotopic (exact) mass is 343 g/mol. The first kappa shape index (κ1) is 17.5. The van der Waals surface area contributed by atoms with E-state index in [4.69, 9.17) is 9.47 Å². The van der Waals surface area contributed by atoms with E-state index in [1.54, 1.807) is 13.2 Å². The summed E-state index contributed by atoms with van der Waals surface area (Å²) in [6.07, 6.45) is 1.02. The highest BCUT2D eigenvalue weighted by Crippen LogP contribution is 2.30. The maximum atomic E-state index is 11.7. The van der Waals surface area contributed by atoms with Crippen molar-refractivity contribution in [2.45, 2.75) is 32.7 Å². The first-order valence-electron chi connectivity index (χ1n) is 8.69. The van der Waals surface area contributed by atoms with Gasteiger partial charge in [-0.05, 0) is 44.5 Å². The second kappa shape index (κ2) is 7.70. The molecule has 0 unspecified atom stereocenters. The molecule has 0 amide bonds. The molecule has 1 aliphatic rings. The molecule has 0 spiro atoms. The Morgan fingerprint density at radius 3 is 2.88 bits per heavy atom. The van der Waals surface area contributed by atoms with Crippen LogP contribution in [-0.4, -0.2) is 41.7 Å². The Bertz CT molecular complexity index is 788. The number of hydrogen-bond donors (Lipinski definition) is 1. The van der Waals surface area contributed by atoms with Crippen LogP contribution in [0.1, 0.15) is 36.3 Å². The van der Waals surface area contributed by atoms with Gasteiger partial charge in [0, 0.05) is 25.1 Å². The van der Waals surface area contributed by atoms with Crippen LogP contribution in [0.5, 0.6) is 11.5 Å².